The maximum absolute atomic E-state index is 13.3. The summed E-state index contributed by atoms with van der Waals surface area (Å²) in [5.74, 6) is -1.52. The maximum atomic E-state index is 13.3. The number of hydrogen-bond donors (Lipinski definition) is 3. The van der Waals surface area contributed by atoms with Gasteiger partial charge in [-0.15, -0.1) is 0 Å². The van der Waals surface area contributed by atoms with Gasteiger partial charge in [0.2, 0.25) is 5.91 Å². The number of hydrogen-bond acceptors (Lipinski definition) is 3. The number of halogens is 1. The van der Waals surface area contributed by atoms with E-state index in [1.807, 2.05) is 6.08 Å². The lowest BCUT2D eigenvalue weighted by Crippen LogP contribution is -2.40. The summed E-state index contributed by atoms with van der Waals surface area (Å²) >= 11 is 0. The van der Waals surface area contributed by atoms with Gasteiger partial charge in [0.05, 0.1) is 5.41 Å². The Morgan fingerprint density at radius 2 is 1.73 bits per heavy atom. The number of nitrogens with two attached hydrogens (primary N) is 1. The van der Waals surface area contributed by atoms with Crippen LogP contribution in [-0.4, -0.2) is 17.0 Å². The summed E-state index contributed by atoms with van der Waals surface area (Å²) < 4.78 is 13.3. The van der Waals surface area contributed by atoms with E-state index in [2.05, 4.69) is 0 Å². The van der Waals surface area contributed by atoms with Crippen molar-refractivity contribution in [2.24, 2.45) is 5.73 Å². The Kier molecular flexibility index (Phi) is 4.69. The first-order chi connectivity index (χ1) is 12.5. The van der Waals surface area contributed by atoms with Crippen LogP contribution in [0.25, 0.3) is 5.57 Å². The van der Waals surface area contributed by atoms with Gasteiger partial charge in [-0.25, -0.2) is 9.87 Å². The van der Waals surface area contributed by atoms with Crippen LogP contribution in [-0.2, 0) is 10.2 Å². The summed E-state index contributed by atoms with van der Waals surface area (Å²) in [6.45, 7) is 0. The molecule has 2 aromatic rings. The Labute approximate surface area is 149 Å². The molecule has 3 rings (SSSR count). The molecule has 0 saturated carbocycles. The Morgan fingerprint density at radius 3 is 2.31 bits per heavy atom. The van der Waals surface area contributed by atoms with Crippen LogP contribution in [0.1, 0.15) is 27.9 Å². The second-order valence-corrected chi connectivity index (χ2v) is 6.09. The van der Waals surface area contributed by atoms with Gasteiger partial charge in [0.1, 0.15) is 5.82 Å². The van der Waals surface area contributed by atoms with Crippen molar-refractivity contribution in [2.75, 3.05) is 0 Å². The second-order valence-electron chi connectivity index (χ2n) is 6.09. The number of carbonyl (C=O) groups excluding carboxylic acids is 2. The average Bonchev–Trinajstić information content (AvgIpc) is 2.68. The van der Waals surface area contributed by atoms with Crippen molar-refractivity contribution in [1.29, 1.82) is 0 Å². The van der Waals surface area contributed by atoms with Gasteiger partial charge in [-0.05, 0) is 47.4 Å². The van der Waals surface area contributed by atoms with E-state index >= 15 is 0 Å². The van der Waals surface area contributed by atoms with Crippen molar-refractivity contribution in [3.8, 4) is 0 Å². The topological polar surface area (TPSA) is 92.4 Å². The van der Waals surface area contributed by atoms with Gasteiger partial charge in [0.15, 0.2) is 0 Å². The standard InChI is InChI=1S/C20H17FN2O3/c21-17-9-7-16(8-10-17)20(19(22)25)11-1-2-15(12-20)13-3-5-14(6-4-13)18(24)23-26/h1-11,26H,12H2,(H2,22,25)(H,23,24). The fourth-order valence-electron chi connectivity index (χ4n) is 3.10. The molecule has 1 atom stereocenters. The fourth-order valence-corrected chi connectivity index (χ4v) is 3.10. The van der Waals surface area contributed by atoms with E-state index in [1.165, 1.54) is 12.1 Å². The molecule has 26 heavy (non-hydrogen) atoms. The van der Waals surface area contributed by atoms with Crippen LogP contribution in [0.3, 0.4) is 0 Å². The van der Waals surface area contributed by atoms with Crippen LogP contribution in [0.15, 0.2) is 66.8 Å². The van der Waals surface area contributed by atoms with Gasteiger partial charge in [-0.3, -0.25) is 14.8 Å². The van der Waals surface area contributed by atoms with E-state index < -0.39 is 17.2 Å². The molecule has 0 saturated heterocycles. The molecule has 0 aromatic heterocycles. The Morgan fingerprint density at radius 1 is 1.08 bits per heavy atom. The van der Waals surface area contributed by atoms with Crippen LogP contribution in [0.5, 0.6) is 0 Å². The molecule has 2 amide bonds. The number of allylic oxidation sites excluding steroid dienone is 3. The molecular formula is C20H17FN2O3. The molecule has 132 valence electrons. The highest BCUT2D eigenvalue weighted by atomic mass is 19.1. The first kappa shape index (κ1) is 17.6. The third-order valence-electron chi connectivity index (χ3n) is 4.57. The van der Waals surface area contributed by atoms with E-state index in [0.29, 0.717) is 17.5 Å². The molecule has 6 heteroatoms. The summed E-state index contributed by atoms with van der Waals surface area (Å²) in [5, 5.41) is 8.68. The molecule has 5 nitrogen and oxygen atoms in total. The molecule has 2 aromatic carbocycles. The molecule has 0 radical (unpaired) electrons. The molecule has 1 unspecified atom stereocenters. The smallest absolute Gasteiger partial charge is 0.274 e. The van der Waals surface area contributed by atoms with Crippen LogP contribution in [0.4, 0.5) is 4.39 Å². The number of benzene rings is 2. The summed E-state index contributed by atoms with van der Waals surface area (Å²) in [4.78, 5) is 23.7. The third kappa shape index (κ3) is 3.14. The van der Waals surface area contributed by atoms with Crippen molar-refractivity contribution in [3.05, 3.63) is 89.3 Å². The van der Waals surface area contributed by atoms with Crippen molar-refractivity contribution in [3.63, 3.8) is 0 Å². The molecule has 0 fully saturated rings. The molecular weight excluding hydrogens is 335 g/mol. The van der Waals surface area contributed by atoms with Crippen molar-refractivity contribution >= 4 is 17.4 Å². The van der Waals surface area contributed by atoms with E-state index in [4.69, 9.17) is 10.9 Å². The largest absolute Gasteiger partial charge is 0.369 e. The lowest BCUT2D eigenvalue weighted by molar-refractivity contribution is -0.121. The first-order valence-electron chi connectivity index (χ1n) is 7.95. The molecule has 0 aliphatic heterocycles. The number of amides is 2. The monoisotopic (exact) mass is 352 g/mol. The maximum Gasteiger partial charge on any atom is 0.274 e. The van der Waals surface area contributed by atoms with E-state index in [0.717, 1.165) is 11.1 Å². The molecule has 1 aliphatic rings. The number of rotatable bonds is 4. The van der Waals surface area contributed by atoms with Crippen molar-refractivity contribution < 1.29 is 19.2 Å². The predicted octanol–water partition coefficient (Wildman–Crippen LogP) is 2.71. The van der Waals surface area contributed by atoms with Crippen LogP contribution in [0, 0.1) is 5.82 Å². The SMILES string of the molecule is NC(=O)C1(c2ccc(F)cc2)C=CC=C(c2ccc(C(=O)NO)cc2)C1. The normalized spacial score (nSPS) is 18.9. The van der Waals surface area contributed by atoms with Gasteiger partial charge >= 0.3 is 0 Å². The zero-order valence-corrected chi connectivity index (χ0v) is 13.8. The molecule has 0 spiro atoms. The molecule has 1 aliphatic carbocycles. The number of nitrogens with one attached hydrogen (secondary N) is 1. The van der Waals surface area contributed by atoms with Crippen LogP contribution < -0.4 is 11.2 Å². The summed E-state index contributed by atoms with van der Waals surface area (Å²) in [7, 11) is 0. The summed E-state index contributed by atoms with van der Waals surface area (Å²) in [5.41, 5.74) is 8.80. The zero-order chi connectivity index (χ0) is 18.7. The first-order valence-corrected chi connectivity index (χ1v) is 7.95. The Balaban J connectivity index is 1.95. The van der Waals surface area contributed by atoms with Crippen molar-refractivity contribution in [2.45, 2.75) is 11.8 Å². The predicted molar refractivity (Wildman–Crippen MR) is 94.7 cm³/mol. The Hall–Kier alpha value is -3.25. The van der Waals surface area contributed by atoms with Crippen LogP contribution in [0.2, 0.25) is 0 Å². The number of primary amides is 1. The zero-order valence-electron chi connectivity index (χ0n) is 13.8. The quantitative estimate of drug-likeness (QED) is 0.583. The minimum Gasteiger partial charge on any atom is -0.369 e. The van der Waals surface area contributed by atoms with Gasteiger partial charge in [-0.2, -0.15) is 0 Å². The minimum atomic E-state index is -1.07. The highest BCUT2D eigenvalue weighted by Gasteiger charge is 2.38. The lowest BCUT2D eigenvalue weighted by atomic mass is 9.71. The van der Waals surface area contributed by atoms with Crippen LogP contribution >= 0.6 is 0 Å². The molecule has 4 N–H and O–H groups in total. The minimum absolute atomic E-state index is 0.308. The van der Waals surface area contributed by atoms with Gasteiger partial charge in [-0.1, -0.05) is 42.5 Å². The fraction of sp³-hybridized carbons (Fsp3) is 0.100. The third-order valence-corrected chi connectivity index (χ3v) is 4.57. The van der Waals surface area contributed by atoms with Gasteiger partial charge in [0, 0.05) is 5.56 Å². The van der Waals surface area contributed by atoms with E-state index in [-0.39, 0.29) is 5.82 Å². The van der Waals surface area contributed by atoms with E-state index in [1.54, 1.807) is 54.0 Å². The number of carbonyl (C=O) groups is 2. The highest BCUT2D eigenvalue weighted by Crippen LogP contribution is 2.39. The van der Waals surface area contributed by atoms with Gasteiger partial charge in [0.25, 0.3) is 5.91 Å². The van der Waals surface area contributed by atoms with Gasteiger partial charge < -0.3 is 5.73 Å². The van der Waals surface area contributed by atoms with Crippen molar-refractivity contribution in [1.82, 2.24) is 5.48 Å². The summed E-state index contributed by atoms with van der Waals surface area (Å²) in [6, 6.07) is 12.3. The molecule has 0 heterocycles. The molecule has 0 bridgehead atoms. The Bertz CT molecular complexity index is 902. The second kappa shape index (κ2) is 6.93. The summed E-state index contributed by atoms with van der Waals surface area (Å²) in [6.07, 6.45) is 5.66. The average molecular weight is 352 g/mol. The van der Waals surface area contributed by atoms with E-state index in [9.17, 15) is 14.0 Å². The number of hydroxylamine groups is 1. The lowest BCUT2D eigenvalue weighted by Gasteiger charge is -2.31. The highest BCUT2D eigenvalue weighted by molar-refractivity contribution is 5.95.